The summed E-state index contributed by atoms with van der Waals surface area (Å²) in [6, 6.07) is 4.67. The lowest BCUT2D eigenvalue weighted by atomic mass is 10.1. The minimum atomic E-state index is -0.949. The fourth-order valence-corrected chi connectivity index (χ4v) is 2.75. The molecule has 9 heteroatoms. The van der Waals surface area contributed by atoms with E-state index in [9.17, 15) is 9.18 Å². The summed E-state index contributed by atoms with van der Waals surface area (Å²) in [6.07, 6.45) is 2.87. The van der Waals surface area contributed by atoms with Crippen molar-refractivity contribution in [1.29, 1.82) is 0 Å². The van der Waals surface area contributed by atoms with Gasteiger partial charge in [-0.15, -0.1) is 0 Å². The van der Waals surface area contributed by atoms with Crippen molar-refractivity contribution in [3.05, 3.63) is 46.7 Å². The van der Waals surface area contributed by atoms with Gasteiger partial charge in [-0.1, -0.05) is 17.7 Å². The zero-order valence-corrected chi connectivity index (χ0v) is 15.4. The zero-order valence-electron chi connectivity index (χ0n) is 14.7. The Bertz CT molecular complexity index is 1060. The van der Waals surface area contributed by atoms with Crippen LogP contribution >= 0.6 is 11.6 Å². The lowest BCUT2D eigenvalue weighted by Gasteiger charge is -2.12. The summed E-state index contributed by atoms with van der Waals surface area (Å²) in [4.78, 5) is 24.2. The van der Waals surface area contributed by atoms with Crippen LogP contribution in [0.15, 0.2) is 29.4 Å². The van der Waals surface area contributed by atoms with E-state index in [2.05, 4.69) is 19.7 Å². The molecule has 0 aliphatic carbocycles. The van der Waals surface area contributed by atoms with Crippen molar-refractivity contribution in [1.82, 2.24) is 14.9 Å². The number of aliphatic imine (C=N–C) groups is 1. The maximum atomic E-state index is 15.1. The Morgan fingerprint density at radius 1 is 1.30 bits per heavy atom. The molecule has 0 fully saturated rings. The summed E-state index contributed by atoms with van der Waals surface area (Å²) < 4.78 is 34.7. The smallest absolute Gasteiger partial charge is 0.358 e. The van der Waals surface area contributed by atoms with Crippen LogP contribution in [0.25, 0.3) is 22.2 Å². The SMILES string of the molecule is COC(=O)c1nc(-c2ccc3cc[nH]c3c2F)c(F)c(N=CN(C)C)c1Cl. The first-order chi connectivity index (χ1) is 12.8. The lowest BCUT2D eigenvalue weighted by Crippen LogP contribution is -2.10. The Balaban J connectivity index is 2.32. The minimum Gasteiger partial charge on any atom is -0.464 e. The number of aromatic nitrogens is 2. The number of nitrogens with zero attached hydrogens (tertiary/aromatic N) is 3. The van der Waals surface area contributed by atoms with Crippen LogP contribution in [0.1, 0.15) is 10.5 Å². The lowest BCUT2D eigenvalue weighted by molar-refractivity contribution is 0.0594. The fraction of sp³-hybridized carbons (Fsp3) is 0.167. The van der Waals surface area contributed by atoms with Crippen molar-refractivity contribution in [2.75, 3.05) is 21.2 Å². The van der Waals surface area contributed by atoms with Gasteiger partial charge in [0.1, 0.15) is 16.4 Å². The number of hydrogen-bond acceptors (Lipinski definition) is 4. The zero-order chi connectivity index (χ0) is 19.7. The number of rotatable bonds is 4. The number of H-pyrrole nitrogens is 1. The number of methoxy groups -OCH3 is 1. The molecular formula is C18H15ClF2N4O2. The molecule has 0 amide bonds. The molecule has 0 unspecified atom stereocenters. The van der Waals surface area contributed by atoms with Gasteiger partial charge in [0, 0.05) is 31.2 Å². The molecular weight excluding hydrogens is 378 g/mol. The van der Waals surface area contributed by atoms with Gasteiger partial charge < -0.3 is 14.6 Å². The number of fused-ring (bicyclic) bond motifs is 1. The van der Waals surface area contributed by atoms with Crippen LogP contribution in [-0.4, -0.2) is 48.4 Å². The second-order valence-electron chi connectivity index (χ2n) is 5.85. The van der Waals surface area contributed by atoms with Crippen molar-refractivity contribution >= 4 is 40.5 Å². The fourth-order valence-electron chi connectivity index (χ4n) is 2.50. The molecule has 2 heterocycles. The molecule has 0 atom stereocenters. The molecule has 2 aromatic heterocycles. The molecule has 0 saturated heterocycles. The predicted octanol–water partition coefficient (Wildman–Crippen LogP) is 4.17. The highest BCUT2D eigenvalue weighted by atomic mass is 35.5. The van der Waals surface area contributed by atoms with E-state index in [0.29, 0.717) is 5.39 Å². The van der Waals surface area contributed by atoms with Crippen LogP contribution in [0.2, 0.25) is 5.02 Å². The number of nitrogens with one attached hydrogen (secondary N) is 1. The normalized spacial score (nSPS) is 11.3. The van der Waals surface area contributed by atoms with Gasteiger partial charge in [0.2, 0.25) is 0 Å². The molecule has 27 heavy (non-hydrogen) atoms. The number of pyridine rings is 1. The first-order valence-corrected chi connectivity index (χ1v) is 8.16. The minimum absolute atomic E-state index is 0.134. The summed E-state index contributed by atoms with van der Waals surface area (Å²) in [5.41, 5.74) is -1.01. The van der Waals surface area contributed by atoms with Crippen LogP contribution in [-0.2, 0) is 4.74 Å². The highest BCUT2D eigenvalue weighted by Crippen LogP contribution is 2.38. The van der Waals surface area contributed by atoms with Gasteiger partial charge in [0.15, 0.2) is 17.3 Å². The molecule has 6 nitrogen and oxygen atoms in total. The van der Waals surface area contributed by atoms with E-state index >= 15 is 4.39 Å². The topological polar surface area (TPSA) is 70.6 Å². The number of aromatic amines is 1. The highest BCUT2D eigenvalue weighted by Gasteiger charge is 2.26. The molecule has 1 N–H and O–H groups in total. The summed E-state index contributed by atoms with van der Waals surface area (Å²) in [7, 11) is 4.49. The maximum Gasteiger partial charge on any atom is 0.358 e. The summed E-state index contributed by atoms with van der Waals surface area (Å²) >= 11 is 6.11. The quantitative estimate of drug-likeness (QED) is 0.411. The number of benzene rings is 1. The van der Waals surface area contributed by atoms with E-state index in [1.165, 1.54) is 12.4 Å². The molecule has 0 aliphatic heterocycles. The third-order valence-electron chi connectivity index (χ3n) is 3.77. The van der Waals surface area contributed by atoms with Crippen molar-refractivity contribution in [3.8, 4) is 11.3 Å². The molecule has 0 aliphatic rings. The number of carbonyl (C=O) groups excluding carboxylic acids is 1. The van der Waals surface area contributed by atoms with Gasteiger partial charge in [-0.25, -0.2) is 23.6 Å². The van der Waals surface area contributed by atoms with Gasteiger partial charge >= 0.3 is 5.97 Å². The Morgan fingerprint density at radius 3 is 2.70 bits per heavy atom. The van der Waals surface area contributed by atoms with Gasteiger partial charge in [0.25, 0.3) is 0 Å². The largest absolute Gasteiger partial charge is 0.464 e. The Hall–Kier alpha value is -3.00. The second kappa shape index (κ2) is 7.32. The van der Waals surface area contributed by atoms with E-state index in [1.54, 1.807) is 37.3 Å². The van der Waals surface area contributed by atoms with Crippen molar-refractivity contribution in [2.45, 2.75) is 0 Å². The molecule has 0 bridgehead atoms. The highest BCUT2D eigenvalue weighted by molar-refractivity contribution is 6.35. The van der Waals surface area contributed by atoms with Crippen molar-refractivity contribution in [2.24, 2.45) is 4.99 Å². The Kier molecular flexibility index (Phi) is 5.09. The van der Waals surface area contributed by atoms with Gasteiger partial charge in [-0.05, 0) is 12.1 Å². The third kappa shape index (κ3) is 3.35. The average Bonchev–Trinajstić information content (AvgIpc) is 3.11. The molecule has 3 rings (SSSR count). The maximum absolute atomic E-state index is 15.1. The molecule has 0 saturated carbocycles. The first kappa shape index (κ1) is 18.8. The molecule has 1 aromatic carbocycles. The van der Waals surface area contributed by atoms with E-state index in [-0.39, 0.29) is 33.2 Å². The molecule has 0 radical (unpaired) electrons. The van der Waals surface area contributed by atoms with Crippen LogP contribution in [0.3, 0.4) is 0 Å². The standard InChI is InChI=1S/C18H15ClF2N4O2/c1-25(2)8-23-16-11(19)17(18(26)27-3)24-15(13(16)21)10-5-4-9-6-7-22-14(9)12(10)20/h4-8,22H,1-3H3. The molecule has 0 spiro atoms. The predicted molar refractivity (Wildman–Crippen MR) is 99.6 cm³/mol. The molecule has 140 valence electrons. The van der Waals surface area contributed by atoms with Crippen LogP contribution in [0, 0.1) is 11.6 Å². The van der Waals surface area contributed by atoms with Crippen molar-refractivity contribution in [3.63, 3.8) is 0 Å². The van der Waals surface area contributed by atoms with E-state index in [1.807, 2.05) is 0 Å². The van der Waals surface area contributed by atoms with Gasteiger partial charge in [-0.3, -0.25) is 0 Å². The van der Waals surface area contributed by atoms with Crippen LogP contribution < -0.4 is 0 Å². The Labute approximate surface area is 158 Å². The molecule has 3 aromatic rings. The summed E-state index contributed by atoms with van der Waals surface area (Å²) in [5, 5.41) is 0.298. The summed E-state index contributed by atoms with van der Waals surface area (Å²) in [5.74, 6) is -2.54. The van der Waals surface area contributed by atoms with E-state index in [4.69, 9.17) is 11.6 Å². The Morgan fingerprint density at radius 2 is 2.04 bits per heavy atom. The number of hydrogen-bond donors (Lipinski definition) is 1. The monoisotopic (exact) mass is 392 g/mol. The summed E-state index contributed by atoms with van der Waals surface area (Å²) in [6.45, 7) is 0. The third-order valence-corrected chi connectivity index (χ3v) is 4.13. The number of ether oxygens (including phenoxy) is 1. The van der Waals surface area contributed by atoms with Crippen LogP contribution in [0.5, 0.6) is 0 Å². The second-order valence-corrected chi connectivity index (χ2v) is 6.23. The van der Waals surface area contributed by atoms with E-state index in [0.717, 1.165) is 7.11 Å². The van der Waals surface area contributed by atoms with Gasteiger partial charge in [-0.2, -0.15) is 0 Å². The van der Waals surface area contributed by atoms with Gasteiger partial charge in [0.05, 0.1) is 19.0 Å². The van der Waals surface area contributed by atoms with Crippen LogP contribution in [0.4, 0.5) is 14.5 Å². The van der Waals surface area contributed by atoms with E-state index < -0.39 is 17.6 Å². The average molecular weight is 393 g/mol. The first-order valence-electron chi connectivity index (χ1n) is 7.79. The number of carbonyl (C=O) groups is 1. The van der Waals surface area contributed by atoms with Crippen molar-refractivity contribution < 1.29 is 18.3 Å². The number of esters is 1. The number of halogens is 3.